The Morgan fingerprint density at radius 3 is 2.07 bits per heavy atom. The van der Waals surface area contributed by atoms with Gasteiger partial charge in [0, 0.05) is 13.0 Å². The third-order valence-corrected chi connectivity index (χ3v) is 1.61. The summed E-state index contributed by atoms with van der Waals surface area (Å²) >= 11 is 0. The summed E-state index contributed by atoms with van der Waals surface area (Å²) in [6, 6.07) is 0. The predicted octanol–water partition coefficient (Wildman–Crippen LogP) is 1.32. The van der Waals surface area contributed by atoms with Gasteiger partial charge in [0.1, 0.15) is 0 Å². The normalized spacial score (nSPS) is 8.67. The third-order valence-electron chi connectivity index (χ3n) is 1.61. The van der Waals surface area contributed by atoms with Crippen molar-refractivity contribution in [2.75, 3.05) is 6.54 Å². The molecule has 0 aromatic heterocycles. The van der Waals surface area contributed by atoms with Gasteiger partial charge < -0.3 is 16.6 Å². The van der Waals surface area contributed by atoms with E-state index in [2.05, 4.69) is 11.9 Å². The maximum atomic E-state index is 9.37. The van der Waals surface area contributed by atoms with E-state index < -0.39 is 5.97 Å². The minimum Gasteiger partial charge on any atom is -0.481 e. The van der Waals surface area contributed by atoms with Crippen LogP contribution in [0.25, 0.3) is 0 Å². The molecular formula is C10H23N3O2. The minimum atomic E-state index is -0.745. The highest BCUT2D eigenvalue weighted by atomic mass is 16.4. The number of unbranched alkanes of at least 4 members (excludes halogenated alkanes) is 3. The molecule has 0 heterocycles. The van der Waals surface area contributed by atoms with Crippen molar-refractivity contribution in [1.82, 2.24) is 0 Å². The summed E-state index contributed by atoms with van der Waals surface area (Å²) in [7, 11) is 0. The van der Waals surface area contributed by atoms with Gasteiger partial charge >= 0.3 is 5.97 Å². The molecule has 0 aliphatic carbocycles. The Morgan fingerprint density at radius 2 is 1.73 bits per heavy atom. The average Bonchev–Trinajstić information content (AvgIpc) is 2.18. The fourth-order valence-corrected chi connectivity index (χ4v) is 0.747. The lowest BCUT2D eigenvalue weighted by Crippen LogP contribution is -2.22. The van der Waals surface area contributed by atoms with Crippen LogP contribution in [0.3, 0.4) is 0 Å². The summed E-state index contributed by atoms with van der Waals surface area (Å²) in [5.74, 6) is -0.540. The van der Waals surface area contributed by atoms with E-state index in [4.69, 9.17) is 16.6 Å². The Balaban J connectivity index is 0. The van der Waals surface area contributed by atoms with Crippen molar-refractivity contribution < 1.29 is 9.90 Å². The van der Waals surface area contributed by atoms with Gasteiger partial charge in [0.05, 0.1) is 0 Å². The van der Waals surface area contributed by atoms with Crippen LogP contribution in [-0.4, -0.2) is 23.6 Å². The molecule has 0 saturated heterocycles. The minimum absolute atomic E-state index is 0.205. The van der Waals surface area contributed by atoms with Crippen LogP contribution in [0.15, 0.2) is 4.99 Å². The molecule has 0 bridgehead atoms. The Bertz CT molecular complexity index is 178. The fraction of sp³-hybridized carbons (Fsp3) is 0.800. The lowest BCUT2D eigenvalue weighted by Gasteiger charge is -1.94. The Labute approximate surface area is 91.6 Å². The summed E-state index contributed by atoms with van der Waals surface area (Å²) in [4.78, 5) is 13.2. The Morgan fingerprint density at radius 1 is 1.20 bits per heavy atom. The maximum absolute atomic E-state index is 9.37. The van der Waals surface area contributed by atoms with Crippen molar-refractivity contribution in [3.05, 3.63) is 0 Å². The molecule has 0 aromatic rings. The molecule has 90 valence electrons. The monoisotopic (exact) mass is 217 g/mol. The van der Waals surface area contributed by atoms with E-state index >= 15 is 0 Å². The molecule has 5 N–H and O–H groups in total. The van der Waals surface area contributed by atoms with E-state index in [-0.39, 0.29) is 12.4 Å². The van der Waals surface area contributed by atoms with Crippen LogP contribution in [0.1, 0.15) is 46.0 Å². The number of rotatable bonds is 6. The summed E-state index contributed by atoms with van der Waals surface area (Å²) < 4.78 is 0. The van der Waals surface area contributed by atoms with Crippen LogP contribution in [0, 0.1) is 0 Å². The van der Waals surface area contributed by atoms with E-state index in [0.717, 1.165) is 13.0 Å². The summed E-state index contributed by atoms with van der Waals surface area (Å²) in [6.07, 6.45) is 5.08. The first-order chi connectivity index (χ1) is 7.04. The van der Waals surface area contributed by atoms with Crippen LogP contribution in [0.4, 0.5) is 0 Å². The van der Waals surface area contributed by atoms with E-state index in [9.17, 15) is 4.79 Å². The van der Waals surface area contributed by atoms with Gasteiger partial charge in [0.15, 0.2) is 5.96 Å². The molecule has 0 saturated carbocycles. The van der Waals surface area contributed by atoms with E-state index in [0.29, 0.717) is 0 Å². The van der Waals surface area contributed by atoms with Crippen LogP contribution in [0.2, 0.25) is 0 Å². The van der Waals surface area contributed by atoms with Crippen LogP contribution in [0.5, 0.6) is 0 Å². The number of hydrogen-bond donors (Lipinski definition) is 3. The zero-order chi connectivity index (χ0) is 12.1. The lowest BCUT2D eigenvalue weighted by atomic mass is 10.2. The molecule has 15 heavy (non-hydrogen) atoms. The van der Waals surface area contributed by atoms with Crippen LogP contribution < -0.4 is 11.5 Å². The molecule has 0 unspecified atom stereocenters. The number of hydrogen-bond acceptors (Lipinski definition) is 2. The SMILES string of the molecule is CCC(=O)O.CCCCCCN=C(N)N. The topological polar surface area (TPSA) is 102 Å². The molecule has 0 rings (SSSR count). The first-order valence-corrected chi connectivity index (χ1v) is 5.31. The number of carbonyl (C=O) groups is 1. The zero-order valence-electron chi connectivity index (χ0n) is 9.70. The van der Waals surface area contributed by atoms with Gasteiger partial charge in [-0.2, -0.15) is 0 Å². The predicted molar refractivity (Wildman–Crippen MR) is 62.7 cm³/mol. The van der Waals surface area contributed by atoms with Gasteiger partial charge in [-0.3, -0.25) is 9.79 Å². The lowest BCUT2D eigenvalue weighted by molar-refractivity contribution is -0.136. The Hall–Kier alpha value is -1.26. The molecule has 5 nitrogen and oxygen atoms in total. The standard InChI is InChI=1S/C7H17N3.C3H6O2/c1-2-3-4-5-6-10-7(8)9;1-2-3(4)5/h2-6H2,1H3,(H4,8,9,10);2H2,1H3,(H,4,5). The average molecular weight is 217 g/mol. The van der Waals surface area contributed by atoms with Gasteiger partial charge in [-0.15, -0.1) is 0 Å². The number of aliphatic carboxylic acids is 1. The molecule has 0 aliphatic heterocycles. The number of carboxylic acids is 1. The summed E-state index contributed by atoms with van der Waals surface area (Å²) in [5, 5.41) is 7.72. The molecule has 0 atom stereocenters. The summed E-state index contributed by atoms with van der Waals surface area (Å²) in [6.45, 7) is 4.56. The van der Waals surface area contributed by atoms with Gasteiger partial charge in [0.2, 0.25) is 0 Å². The van der Waals surface area contributed by atoms with E-state index in [1.165, 1.54) is 19.3 Å². The van der Waals surface area contributed by atoms with Gasteiger partial charge in [-0.1, -0.05) is 33.1 Å². The second-order valence-corrected chi connectivity index (χ2v) is 3.11. The number of nitrogens with two attached hydrogens (primary N) is 2. The number of nitrogens with zero attached hydrogens (tertiary/aromatic N) is 1. The fourth-order valence-electron chi connectivity index (χ4n) is 0.747. The van der Waals surface area contributed by atoms with Crippen molar-refractivity contribution in [2.24, 2.45) is 16.5 Å². The summed E-state index contributed by atoms with van der Waals surface area (Å²) in [5.41, 5.74) is 10.3. The molecule has 0 aliphatic rings. The third kappa shape index (κ3) is 24.5. The number of guanidine groups is 1. The van der Waals surface area contributed by atoms with Crippen molar-refractivity contribution in [3.63, 3.8) is 0 Å². The molecular weight excluding hydrogens is 194 g/mol. The highest BCUT2D eigenvalue weighted by Gasteiger charge is 1.85. The van der Waals surface area contributed by atoms with Crippen molar-refractivity contribution in [3.8, 4) is 0 Å². The smallest absolute Gasteiger partial charge is 0.303 e. The first kappa shape index (κ1) is 16.2. The second-order valence-electron chi connectivity index (χ2n) is 3.11. The van der Waals surface area contributed by atoms with E-state index in [1.807, 2.05) is 0 Å². The van der Waals surface area contributed by atoms with Gasteiger partial charge in [-0.05, 0) is 6.42 Å². The zero-order valence-corrected chi connectivity index (χ0v) is 9.70. The van der Waals surface area contributed by atoms with Crippen molar-refractivity contribution in [2.45, 2.75) is 46.0 Å². The molecule has 0 spiro atoms. The van der Waals surface area contributed by atoms with Gasteiger partial charge in [-0.25, -0.2) is 0 Å². The Kier molecular flexibility index (Phi) is 13.7. The van der Waals surface area contributed by atoms with Crippen LogP contribution >= 0.6 is 0 Å². The molecule has 0 radical (unpaired) electrons. The second kappa shape index (κ2) is 12.7. The maximum Gasteiger partial charge on any atom is 0.303 e. The quantitative estimate of drug-likeness (QED) is 0.355. The largest absolute Gasteiger partial charge is 0.481 e. The highest BCUT2D eigenvalue weighted by molar-refractivity contribution is 5.75. The number of aliphatic imine (C=N–C) groups is 1. The van der Waals surface area contributed by atoms with Gasteiger partial charge in [0.25, 0.3) is 0 Å². The molecule has 5 heteroatoms. The van der Waals surface area contributed by atoms with Crippen LogP contribution in [-0.2, 0) is 4.79 Å². The molecule has 0 amide bonds. The first-order valence-electron chi connectivity index (χ1n) is 5.31. The number of carboxylic acid groups (broad SMARTS) is 1. The molecule has 0 fully saturated rings. The van der Waals surface area contributed by atoms with Crippen molar-refractivity contribution >= 4 is 11.9 Å². The molecule has 0 aromatic carbocycles. The highest BCUT2D eigenvalue weighted by Crippen LogP contribution is 1.97. The van der Waals surface area contributed by atoms with Crippen molar-refractivity contribution in [1.29, 1.82) is 0 Å². The van der Waals surface area contributed by atoms with E-state index in [1.54, 1.807) is 6.92 Å².